The van der Waals surface area contributed by atoms with E-state index in [0.717, 1.165) is 12.0 Å². The fourth-order valence-corrected chi connectivity index (χ4v) is 3.13. The summed E-state index contributed by atoms with van der Waals surface area (Å²) in [6, 6.07) is 6.31. The minimum Gasteiger partial charge on any atom is -0.392 e. The predicted molar refractivity (Wildman–Crippen MR) is 61.9 cm³/mol. The maximum absolute atomic E-state index is 9.37. The fourth-order valence-electron chi connectivity index (χ4n) is 1.90. The molecule has 0 radical (unpaired) electrons. The first-order valence-electron chi connectivity index (χ1n) is 4.88. The van der Waals surface area contributed by atoms with Crippen LogP contribution in [0, 0.1) is 6.92 Å². The summed E-state index contributed by atoms with van der Waals surface area (Å²) < 4.78 is 1.30. The molecule has 2 aromatic rings. The molecule has 0 aliphatic heterocycles. The Morgan fingerprint density at radius 1 is 1.36 bits per heavy atom. The third-order valence-corrected chi connectivity index (χ3v) is 3.93. The Morgan fingerprint density at radius 3 is 2.79 bits per heavy atom. The largest absolute Gasteiger partial charge is 0.392 e. The van der Waals surface area contributed by atoms with Crippen molar-refractivity contribution in [2.45, 2.75) is 26.9 Å². The van der Waals surface area contributed by atoms with Crippen LogP contribution in [0.25, 0.3) is 10.1 Å². The van der Waals surface area contributed by atoms with E-state index in [-0.39, 0.29) is 6.61 Å². The van der Waals surface area contributed by atoms with E-state index in [0.29, 0.717) is 0 Å². The summed E-state index contributed by atoms with van der Waals surface area (Å²) in [7, 11) is 0. The number of aliphatic hydroxyl groups excluding tert-OH is 1. The van der Waals surface area contributed by atoms with Crippen LogP contribution in [-0.2, 0) is 13.0 Å². The lowest BCUT2D eigenvalue weighted by molar-refractivity contribution is 0.283. The molecule has 2 heteroatoms. The summed E-state index contributed by atoms with van der Waals surface area (Å²) in [6.45, 7) is 4.40. The average Bonchev–Trinajstić information content (AvgIpc) is 2.56. The highest BCUT2D eigenvalue weighted by Crippen LogP contribution is 2.33. The minimum absolute atomic E-state index is 0.161. The molecule has 0 aliphatic carbocycles. The first-order valence-corrected chi connectivity index (χ1v) is 5.70. The Labute approximate surface area is 88.0 Å². The number of hydrogen-bond donors (Lipinski definition) is 1. The number of rotatable bonds is 2. The molecule has 0 spiro atoms. The second-order valence-corrected chi connectivity index (χ2v) is 4.60. The van der Waals surface area contributed by atoms with E-state index in [4.69, 9.17) is 0 Å². The summed E-state index contributed by atoms with van der Waals surface area (Å²) in [5, 5.41) is 10.6. The van der Waals surface area contributed by atoms with E-state index in [2.05, 4.69) is 32.0 Å². The normalized spacial score (nSPS) is 11.1. The van der Waals surface area contributed by atoms with Crippen molar-refractivity contribution in [3.8, 4) is 0 Å². The smallest absolute Gasteiger partial charge is 0.0698 e. The topological polar surface area (TPSA) is 20.2 Å². The van der Waals surface area contributed by atoms with Crippen LogP contribution < -0.4 is 0 Å². The molecule has 1 heterocycles. The van der Waals surface area contributed by atoms with Crippen molar-refractivity contribution in [2.75, 3.05) is 0 Å². The van der Waals surface area contributed by atoms with Crippen LogP contribution in [0.5, 0.6) is 0 Å². The molecule has 0 aliphatic rings. The van der Waals surface area contributed by atoms with Gasteiger partial charge in [0.25, 0.3) is 0 Å². The van der Waals surface area contributed by atoms with Crippen molar-refractivity contribution in [2.24, 2.45) is 0 Å². The van der Waals surface area contributed by atoms with E-state index in [9.17, 15) is 5.11 Å². The zero-order valence-corrected chi connectivity index (χ0v) is 9.32. The van der Waals surface area contributed by atoms with Gasteiger partial charge in [-0.2, -0.15) is 0 Å². The number of aryl methyl sites for hydroxylation is 2. The van der Waals surface area contributed by atoms with Crippen molar-refractivity contribution in [3.05, 3.63) is 34.2 Å². The summed E-state index contributed by atoms with van der Waals surface area (Å²) in [4.78, 5) is 1.32. The molecule has 0 atom stereocenters. The second-order valence-electron chi connectivity index (χ2n) is 3.46. The van der Waals surface area contributed by atoms with Crippen LogP contribution in [0.2, 0.25) is 0 Å². The van der Waals surface area contributed by atoms with Gasteiger partial charge in [0.2, 0.25) is 0 Å². The van der Waals surface area contributed by atoms with Gasteiger partial charge in [0.1, 0.15) is 0 Å². The number of benzene rings is 1. The molecular weight excluding hydrogens is 192 g/mol. The standard InChI is InChI=1S/C12H14OS/c1-3-10-9(7-13)12-8(2)5-4-6-11(12)14-10/h4-6,13H,3,7H2,1-2H3. The lowest BCUT2D eigenvalue weighted by Crippen LogP contribution is -1.87. The van der Waals surface area contributed by atoms with Crippen molar-refractivity contribution < 1.29 is 5.11 Å². The highest BCUT2D eigenvalue weighted by molar-refractivity contribution is 7.19. The van der Waals surface area contributed by atoms with Crippen LogP contribution in [-0.4, -0.2) is 5.11 Å². The molecule has 0 saturated carbocycles. The molecule has 74 valence electrons. The van der Waals surface area contributed by atoms with Gasteiger partial charge in [-0.3, -0.25) is 0 Å². The van der Waals surface area contributed by atoms with Gasteiger partial charge < -0.3 is 5.11 Å². The van der Waals surface area contributed by atoms with Gasteiger partial charge in [-0.15, -0.1) is 11.3 Å². The maximum atomic E-state index is 9.37. The van der Waals surface area contributed by atoms with Crippen LogP contribution in [0.1, 0.15) is 22.9 Å². The highest BCUT2D eigenvalue weighted by Gasteiger charge is 2.10. The molecular formula is C12H14OS. The molecule has 0 bridgehead atoms. The second kappa shape index (κ2) is 3.71. The summed E-state index contributed by atoms with van der Waals surface area (Å²) in [5.74, 6) is 0. The number of aliphatic hydroxyl groups is 1. The van der Waals surface area contributed by atoms with Crippen LogP contribution in [0.4, 0.5) is 0 Å². The lowest BCUT2D eigenvalue weighted by atomic mass is 10.1. The van der Waals surface area contributed by atoms with Crippen LogP contribution >= 0.6 is 11.3 Å². The Kier molecular flexibility index (Phi) is 2.57. The van der Waals surface area contributed by atoms with E-state index in [1.165, 1.54) is 20.5 Å². The summed E-state index contributed by atoms with van der Waals surface area (Å²) in [5.41, 5.74) is 2.40. The predicted octanol–water partition coefficient (Wildman–Crippen LogP) is 3.26. The van der Waals surface area contributed by atoms with Gasteiger partial charge in [-0.1, -0.05) is 19.1 Å². The lowest BCUT2D eigenvalue weighted by Gasteiger charge is -2.00. The molecule has 14 heavy (non-hydrogen) atoms. The zero-order chi connectivity index (χ0) is 10.1. The average molecular weight is 206 g/mol. The minimum atomic E-state index is 0.161. The number of hydrogen-bond acceptors (Lipinski definition) is 2. The summed E-state index contributed by atoms with van der Waals surface area (Å²) in [6.07, 6.45) is 1.01. The van der Waals surface area contributed by atoms with Crippen LogP contribution in [0.15, 0.2) is 18.2 Å². The first kappa shape index (κ1) is 9.69. The third kappa shape index (κ3) is 1.35. The Balaban J connectivity index is 2.81. The first-order chi connectivity index (χ1) is 6.77. The van der Waals surface area contributed by atoms with Crippen molar-refractivity contribution in [1.82, 2.24) is 0 Å². The molecule has 0 saturated heterocycles. The SMILES string of the molecule is CCc1sc2cccc(C)c2c1CO. The summed E-state index contributed by atoms with van der Waals surface area (Å²) >= 11 is 1.80. The monoisotopic (exact) mass is 206 g/mol. The Hall–Kier alpha value is -0.860. The highest BCUT2D eigenvalue weighted by atomic mass is 32.1. The molecule has 1 N–H and O–H groups in total. The number of thiophene rings is 1. The van der Waals surface area contributed by atoms with Crippen LogP contribution in [0.3, 0.4) is 0 Å². The molecule has 2 rings (SSSR count). The van der Waals surface area contributed by atoms with Crippen molar-refractivity contribution >= 4 is 21.4 Å². The molecule has 1 aromatic carbocycles. The number of fused-ring (bicyclic) bond motifs is 1. The van der Waals surface area contributed by atoms with E-state index >= 15 is 0 Å². The van der Waals surface area contributed by atoms with Crippen molar-refractivity contribution in [1.29, 1.82) is 0 Å². The molecule has 0 amide bonds. The molecule has 1 nitrogen and oxygen atoms in total. The molecule has 0 fully saturated rings. The van der Waals surface area contributed by atoms with Gasteiger partial charge >= 0.3 is 0 Å². The van der Waals surface area contributed by atoms with E-state index in [1.807, 2.05) is 0 Å². The van der Waals surface area contributed by atoms with Crippen molar-refractivity contribution in [3.63, 3.8) is 0 Å². The maximum Gasteiger partial charge on any atom is 0.0698 e. The third-order valence-electron chi connectivity index (χ3n) is 2.59. The van der Waals surface area contributed by atoms with Gasteiger partial charge in [0.05, 0.1) is 6.61 Å². The Morgan fingerprint density at radius 2 is 2.14 bits per heavy atom. The molecule has 0 unspecified atom stereocenters. The zero-order valence-electron chi connectivity index (χ0n) is 8.50. The Bertz CT molecular complexity index is 457. The molecule has 1 aromatic heterocycles. The quantitative estimate of drug-likeness (QED) is 0.799. The van der Waals surface area contributed by atoms with E-state index in [1.54, 1.807) is 11.3 Å². The van der Waals surface area contributed by atoms with E-state index < -0.39 is 0 Å². The fraction of sp³-hybridized carbons (Fsp3) is 0.333. The van der Waals surface area contributed by atoms with Gasteiger partial charge in [-0.25, -0.2) is 0 Å². The van der Waals surface area contributed by atoms with Gasteiger partial charge in [0.15, 0.2) is 0 Å². The van der Waals surface area contributed by atoms with Gasteiger partial charge in [-0.05, 0) is 30.5 Å². The van der Waals surface area contributed by atoms with Gasteiger partial charge in [0, 0.05) is 15.0 Å².